The summed E-state index contributed by atoms with van der Waals surface area (Å²) in [6, 6.07) is 10.5. The second kappa shape index (κ2) is 6.09. The lowest BCUT2D eigenvalue weighted by Crippen LogP contribution is -2.11. The molecule has 19 heavy (non-hydrogen) atoms. The molecule has 0 saturated carbocycles. The van der Waals surface area contributed by atoms with Crippen molar-refractivity contribution in [3.8, 4) is 11.5 Å². The molecule has 0 unspecified atom stereocenters. The first kappa shape index (κ1) is 14.6. The number of halogens is 3. The van der Waals surface area contributed by atoms with E-state index >= 15 is 0 Å². The highest BCUT2D eigenvalue weighted by Gasteiger charge is 2.12. The van der Waals surface area contributed by atoms with Gasteiger partial charge in [-0.15, -0.1) is 0 Å². The van der Waals surface area contributed by atoms with Crippen molar-refractivity contribution in [1.82, 2.24) is 0 Å². The molecule has 0 saturated heterocycles. The zero-order valence-electron chi connectivity index (χ0n) is 9.49. The van der Waals surface area contributed by atoms with Crippen LogP contribution in [0.5, 0.6) is 11.5 Å². The molecule has 98 valence electrons. The maximum absolute atomic E-state index is 5.94. The van der Waals surface area contributed by atoms with Crippen LogP contribution in [0.2, 0.25) is 10.0 Å². The summed E-state index contributed by atoms with van der Waals surface area (Å²) >= 11 is 20.2. The van der Waals surface area contributed by atoms with Crippen LogP contribution < -0.4 is 10.5 Å². The van der Waals surface area contributed by atoms with E-state index in [1.54, 1.807) is 24.3 Å². The zero-order valence-corrected chi connectivity index (χ0v) is 13.4. The van der Waals surface area contributed by atoms with Crippen LogP contribution >= 0.6 is 51.3 Å². The molecule has 0 amide bonds. The van der Waals surface area contributed by atoms with Crippen LogP contribution in [0, 0.1) is 0 Å². The van der Waals surface area contributed by atoms with Crippen LogP contribution in [0.1, 0.15) is 5.56 Å². The molecule has 0 aromatic heterocycles. The van der Waals surface area contributed by atoms with Gasteiger partial charge < -0.3 is 10.5 Å². The van der Waals surface area contributed by atoms with Gasteiger partial charge in [-0.25, -0.2) is 0 Å². The Labute approximate surface area is 134 Å². The van der Waals surface area contributed by atoms with Gasteiger partial charge in [-0.2, -0.15) is 0 Å². The summed E-state index contributed by atoms with van der Waals surface area (Å²) in [6.07, 6.45) is 0. The average Bonchev–Trinajstić information content (AvgIpc) is 2.33. The third kappa shape index (κ3) is 3.39. The van der Waals surface area contributed by atoms with Crippen molar-refractivity contribution in [1.29, 1.82) is 0 Å². The number of rotatable bonds is 3. The Morgan fingerprint density at radius 3 is 2.53 bits per heavy atom. The minimum absolute atomic E-state index is 0.252. The van der Waals surface area contributed by atoms with E-state index in [0.29, 0.717) is 27.1 Å². The fourth-order valence-electron chi connectivity index (χ4n) is 1.50. The van der Waals surface area contributed by atoms with Crippen LogP contribution in [0.3, 0.4) is 0 Å². The van der Waals surface area contributed by atoms with Gasteiger partial charge in [0, 0.05) is 10.5 Å². The Hall–Kier alpha value is -0.810. The van der Waals surface area contributed by atoms with Gasteiger partial charge in [0.15, 0.2) is 0 Å². The normalized spacial score (nSPS) is 10.3. The van der Waals surface area contributed by atoms with E-state index in [9.17, 15) is 0 Å². The summed E-state index contributed by atoms with van der Waals surface area (Å²) in [4.78, 5) is 0.252. The highest BCUT2D eigenvalue weighted by molar-refractivity contribution is 9.10. The van der Waals surface area contributed by atoms with E-state index in [1.807, 2.05) is 12.1 Å². The maximum atomic E-state index is 5.94. The van der Waals surface area contributed by atoms with E-state index in [2.05, 4.69) is 15.9 Å². The monoisotopic (exact) mass is 375 g/mol. The molecule has 0 atom stereocenters. The van der Waals surface area contributed by atoms with Crippen molar-refractivity contribution in [3.63, 3.8) is 0 Å². The predicted octanol–water partition coefficient (Wildman–Crippen LogP) is 5.18. The standard InChI is InChI=1S/C13H8BrCl2NOS/c14-8-2-1-3-11(12(8)13(17)19)18-7-4-5-9(15)10(16)6-7/h1-6H,(H2,17,19). The topological polar surface area (TPSA) is 35.2 Å². The largest absolute Gasteiger partial charge is 0.457 e. The third-order valence-electron chi connectivity index (χ3n) is 2.34. The van der Waals surface area contributed by atoms with Crippen LogP contribution in [0.25, 0.3) is 0 Å². The van der Waals surface area contributed by atoms with Gasteiger partial charge >= 0.3 is 0 Å². The predicted molar refractivity (Wildman–Crippen MR) is 86.6 cm³/mol. The summed E-state index contributed by atoms with van der Waals surface area (Å²) in [5.74, 6) is 1.12. The second-order valence-corrected chi connectivity index (χ2v) is 5.76. The van der Waals surface area contributed by atoms with Gasteiger partial charge in [-0.1, -0.05) is 41.5 Å². The van der Waals surface area contributed by atoms with Crippen LogP contribution in [-0.4, -0.2) is 4.99 Å². The first-order valence-electron chi connectivity index (χ1n) is 5.20. The molecule has 0 aliphatic heterocycles. The molecule has 2 aromatic carbocycles. The van der Waals surface area contributed by atoms with Gasteiger partial charge in [0.2, 0.25) is 0 Å². The fourth-order valence-corrected chi connectivity index (χ4v) is 2.69. The lowest BCUT2D eigenvalue weighted by atomic mass is 10.2. The van der Waals surface area contributed by atoms with Gasteiger partial charge in [0.1, 0.15) is 16.5 Å². The molecular weight excluding hydrogens is 369 g/mol. The van der Waals surface area contributed by atoms with E-state index in [1.165, 1.54) is 0 Å². The van der Waals surface area contributed by atoms with Gasteiger partial charge in [0.25, 0.3) is 0 Å². The van der Waals surface area contributed by atoms with E-state index < -0.39 is 0 Å². The summed E-state index contributed by atoms with van der Waals surface area (Å²) in [6.45, 7) is 0. The van der Waals surface area contributed by atoms with E-state index in [0.717, 1.165) is 4.47 Å². The Balaban J connectivity index is 2.40. The Bertz CT molecular complexity index is 649. The molecule has 0 aliphatic carbocycles. The van der Waals surface area contributed by atoms with Crippen LogP contribution in [0.15, 0.2) is 40.9 Å². The minimum atomic E-state index is 0.252. The van der Waals surface area contributed by atoms with Crippen molar-refractivity contribution in [3.05, 3.63) is 56.5 Å². The third-order valence-corrected chi connectivity index (χ3v) is 3.94. The Morgan fingerprint density at radius 1 is 1.16 bits per heavy atom. The van der Waals surface area contributed by atoms with Crippen LogP contribution in [0.4, 0.5) is 0 Å². The highest BCUT2D eigenvalue weighted by Crippen LogP contribution is 2.33. The molecule has 2 rings (SSSR count). The molecule has 0 spiro atoms. The number of nitrogens with two attached hydrogens (primary N) is 1. The SMILES string of the molecule is NC(=S)c1c(Br)cccc1Oc1ccc(Cl)c(Cl)c1. The molecular formula is C13H8BrCl2NOS. The first-order chi connectivity index (χ1) is 8.99. The van der Waals surface area contributed by atoms with E-state index in [4.69, 9.17) is 45.9 Å². The van der Waals surface area contributed by atoms with Gasteiger partial charge in [0.05, 0.1) is 15.6 Å². The number of benzene rings is 2. The Morgan fingerprint density at radius 2 is 1.89 bits per heavy atom. The summed E-state index contributed by atoms with van der Waals surface area (Å²) in [7, 11) is 0. The average molecular weight is 377 g/mol. The number of ether oxygens (including phenoxy) is 1. The van der Waals surface area contributed by atoms with E-state index in [-0.39, 0.29) is 4.99 Å². The summed E-state index contributed by atoms with van der Waals surface area (Å²) < 4.78 is 6.52. The van der Waals surface area contributed by atoms with Crippen molar-refractivity contribution in [2.75, 3.05) is 0 Å². The van der Waals surface area contributed by atoms with Gasteiger partial charge in [-0.05, 0) is 40.2 Å². The second-order valence-electron chi connectivity index (χ2n) is 3.66. The van der Waals surface area contributed by atoms with Crippen molar-refractivity contribution in [2.24, 2.45) is 5.73 Å². The first-order valence-corrected chi connectivity index (χ1v) is 7.16. The summed E-state index contributed by atoms with van der Waals surface area (Å²) in [5, 5.41) is 0.892. The molecule has 2 aromatic rings. The molecule has 0 heterocycles. The number of hydrogen-bond acceptors (Lipinski definition) is 2. The summed E-state index contributed by atoms with van der Waals surface area (Å²) in [5.41, 5.74) is 6.34. The van der Waals surface area contributed by atoms with Crippen molar-refractivity contribution >= 4 is 56.3 Å². The van der Waals surface area contributed by atoms with Crippen LogP contribution in [-0.2, 0) is 0 Å². The molecule has 2 N–H and O–H groups in total. The fraction of sp³-hybridized carbons (Fsp3) is 0. The molecule has 2 nitrogen and oxygen atoms in total. The number of thiocarbonyl (C=S) groups is 1. The molecule has 6 heteroatoms. The van der Waals surface area contributed by atoms with Crippen molar-refractivity contribution in [2.45, 2.75) is 0 Å². The quantitative estimate of drug-likeness (QED) is 0.749. The van der Waals surface area contributed by atoms with Crippen molar-refractivity contribution < 1.29 is 4.74 Å². The zero-order chi connectivity index (χ0) is 14.0. The Kier molecular flexibility index (Phi) is 4.68. The lowest BCUT2D eigenvalue weighted by Gasteiger charge is -2.12. The molecule has 0 radical (unpaired) electrons. The van der Waals surface area contributed by atoms with Gasteiger partial charge in [-0.3, -0.25) is 0 Å². The molecule has 0 aliphatic rings. The minimum Gasteiger partial charge on any atom is -0.457 e. The maximum Gasteiger partial charge on any atom is 0.138 e. The molecule has 0 fully saturated rings. The highest BCUT2D eigenvalue weighted by atomic mass is 79.9. The smallest absolute Gasteiger partial charge is 0.138 e. The number of hydrogen-bond donors (Lipinski definition) is 1. The molecule has 0 bridgehead atoms. The lowest BCUT2D eigenvalue weighted by molar-refractivity contribution is 0.481.